The summed E-state index contributed by atoms with van der Waals surface area (Å²) in [6.45, 7) is 12.0. The molecule has 1 unspecified atom stereocenters. The zero-order chi connectivity index (χ0) is 10.5. The van der Waals surface area contributed by atoms with Gasteiger partial charge in [0.05, 0.1) is 5.60 Å². The minimum Gasteiger partial charge on any atom is -0.386 e. The smallest absolute Gasteiger partial charge is 0.0798 e. The van der Waals surface area contributed by atoms with E-state index in [2.05, 4.69) is 20.4 Å². The molecule has 0 fully saturated rings. The van der Waals surface area contributed by atoms with Crippen LogP contribution in [0.15, 0.2) is 12.2 Å². The van der Waals surface area contributed by atoms with Gasteiger partial charge in [-0.1, -0.05) is 33.3 Å². The lowest BCUT2D eigenvalue weighted by Crippen LogP contribution is -2.21. The van der Waals surface area contributed by atoms with Gasteiger partial charge in [0.2, 0.25) is 0 Å². The van der Waals surface area contributed by atoms with E-state index in [9.17, 15) is 5.11 Å². The van der Waals surface area contributed by atoms with Crippen molar-refractivity contribution in [1.82, 2.24) is 0 Å². The Bertz CT molecular complexity index is 153. The largest absolute Gasteiger partial charge is 0.386 e. The number of rotatable bonds is 6. The maximum atomic E-state index is 9.61. The first kappa shape index (κ1) is 12.7. The van der Waals surface area contributed by atoms with E-state index in [1.807, 2.05) is 0 Å². The van der Waals surface area contributed by atoms with E-state index in [-0.39, 0.29) is 0 Å². The van der Waals surface area contributed by atoms with E-state index in [0.29, 0.717) is 0 Å². The number of hydrogen-bond acceptors (Lipinski definition) is 1. The lowest BCUT2D eigenvalue weighted by Gasteiger charge is -2.20. The van der Waals surface area contributed by atoms with Crippen LogP contribution in [0.25, 0.3) is 0 Å². The quantitative estimate of drug-likeness (QED) is 0.626. The molecule has 0 rings (SSSR count). The molecular weight excluding hydrogens is 160 g/mol. The van der Waals surface area contributed by atoms with Gasteiger partial charge in [-0.05, 0) is 38.2 Å². The molecule has 0 bridgehead atoms. The fourth-order valence-corrected chi connectivity index (χ4v) is 1.17. The highest BCUT2D eigenvalue weighted by Crippen LogP contribution is 2.21. The molecule has 0 aromatic carbocycles. The number of aliphatic hydroxyl groups is 1. The molecule has 0 aliphatic rings. The first-order valence-corrected chi connectivity index (χ1v) is 5.28. The zero-order valence-electron chi connectivity index (χ0n) is 9.56. The van der Waals surface area contributed by atoms with Gasteiger partial charge in [0.15, 0.2) is 0 Å². The summed E-state index contributed by atoms with van der Waals surface area (Å²) in [7, 11) is 0. The minimum atomic E-state index is -0.699. The molecule has 0 spiro atoms. The van der Waals surface area contributed by atoms with E-state index >= 15 is 0 Å². The van der Waals surface area contributed by atoms with Crippen molar-refractivity contribution in [3.63, 3.8) is 0 Å². The van der Waals surface area contributed by atoms with Gasteiger partial charge < -0.3 is 5.11 Å². The lowest BCUT2D eigenvalue weighted by molar-refractivity contribution is 0.115. The van der Waals surface area contributed by atoms with E-state index < -0.39 is 5.60 Å². The van der Waals surface area contributed by atoms with Gasteiger partial charge in [0.1, 0.15) is 0 Å². The second kappa shape index (κ2) is 5.43. The van der Waals surface area contributed by atoms with Crippen molar-refractivity contribution in [2.45, 2.75) is 59.0 Å². The van der Waals surface area contributed by atoms with Gasteiger partial charge in [-0.3, -0.25) is 0 Å². The van der Waals surface area contributed by atoms with Crippen molar-refractivity contribution in [1.29, 1.82) is 0 Å². The Hall–Kier alpha value is -0.300. The second-order valence-corrected chi connectivity index (χ2v) is 4.57. The number of hydrogen-bond donors (Lipinski definition) is 1. The zero-order valence-corrected chi connectivity index (χ0v) is 9.56. The fraction of sp³-hybridized carbons (Fsp3) is 0.833. The summed E-state index contributed by atoms with van der Waals surface area (Å²) < 4.78 is 0. The van der Waals surface area contributed by atoms with Crippen molar-refractivity contribution >= 4 is 0 Å². The molecule has 1 N–H and O–H groups in total. The maximum Gasteiger partial charge on any atom is 0.0798 e. The fourth-order valence-electron chi connectivity index (χ4n) is 1.17. The molecule has 0 radical (unpaired) electrons. The maximum absolute atomic E-state index is 9.61. The molecule has 0 aromatic heterocycles. The average Bonchev–Trinajstić information content (AvgIpc) is 2.02. The normalized spacial score (nSPS) is 14.2. The summed E-state index contributed by atoms with van der Waals surface area (Å²) in [5, 5.41) is 9.61. The first-order valence-electron chi connectivity index (χ1n) is 5.28. The Morgan fingerprint density at radius 3 is 2.38 bits per heavy atom. The molecule has 1 atom stereocenters. The molecule has 0 saturated carbocycles. The third-order valence-electron chi connectivity index (χ3n) is 2.74. The predicted octanol–water partition coefficient (Wildman–Crippen LogP) is 3.53. The standard InChI is InChI=1S/C12H24O/c1-6-10(2)8-7-9-11(3)12(4,5)13/h10,13H,3,6-9H2,1-2,4-5H3. The summed E-state index contributed by atoms with van der Waals surface area (Å²) in [5.41, 5.74) is 0.255. The molecule has 0 aliphatic carbocycles. The summed E-state index contributed by atoms with van der Waals surface area (Å²) in [5.74, 6) is 0.801. The van der Waals surface area contributed by atoms with Crippen LogP contribution in [0, 0.1) is 5.92 Å². The lowest BCUT2D eigenvalue weighted by atomic mass is 9.92. The third kappa shape index (κ3) is 5.87. The molecule has 0 aromatic rings. The minimum absolute atomic E-state index is 0.699. The van der Waals surface area contributed by atoms with Crippen LogP contribution in [-0.4, -0.2) is 10.7 Å². The van der Waals surface area contributed by atoms with Crippen molar-refractivity contribution in [3.8, 4) is 0 Å². The van der Waals surface area contributed by atoms with Crippen LogP contribution >= 0.6 is 0 Å². The Morgan fingerprint density at radius 2 is 2.00 bits per heavy atom. The second-order valence-electron chi connectivity index (χ2n) is 4.57. The van der Waals surface area contributed by atoms with E-state index in [0.717, 1.165) is 24.3 Å². The monoisotopic (exact) mass is 184 g/mol. The highest BCUT2D eigenvalue weighted by Gasteiger charge is 2.16. The highest BCUT2D eigenvalue weighted by molar-refractivity contribution is 5.07. The molecule has 1 nitrogen and oxygen atoms in total. The molecule has 13 heavy (non-hydrogen) atoms. The molecule has 0 saturated heterocycles. The highest BCUT2D eigenvalue weighted by atomic mass is 16.3. The summed E-state index contributed by atoms with van der Waals surface area (Å²) in [6, 6.07) is 0. The van der Waals surface area contributed by atoms with Gasteiger partial charge in [-0.2, -0.15) is 0 Å². The Morgan fingerprint density at radius 1 is 1.46 bits per heavy atom. The van der Waals surface area contributed by atoms with Crippen LogP contribution in [0.4, 0.5) is 0 Å². The summed E-state index contributed by atoms with van der Waals surface area (Å²) in [6.07, 6.45) is 4.59. The molecule has 0 amide bonds. The van der Waals surface area contributed by atoms with Crippen LogP contribution < -0.4 is 0 Å². The van der Waals surface area contributed by atoms with Crippen molar-refractivity contribution in [2.75, 3.05) is 0 Å². The molecule has 0 aliphatic heterocycles. The van der Waals surface area contributed by atoms with Gasteiger partial charge in [0.25, 0.3) is 0 Å². The first-order chi connectivity index (χ1) is 5.88. The Balaban J connectivity index is 3.60. The van der Waals surface area contributed by atoms with Crippen LogP contribution in [0.1, 0.15) is 53.4 Å². The van der Waals surface area contributed by atoms with E-state index in [4.69, 9.17) is 0 Å². The van der Waals surface area contributed by atoms with Crippen LogP contribution in [0.5, 0.6) is 0 Å². The molecular formula is C12H24O. The summed E-state index contributed by atoms with van der Waals surface area (Å²) >= 11 is 0. The van der Waals surface area contributed by atoms with Crippen LogP contribution in [0.3, 0.4) is 0 Å². The molecule has 78 valence electrons. The van der Waals surface area contributed by atoms with Crippen molar-refractivity contribution < 1.29 is 5.11 Å². The topological polar surface area (TPSA) is 20.2 Å². The Labute approximate surface area is 82.9 Å². The van der Waals surface area contributed by atoms with Gasteiger partial charge in [-0.15, -0.1) is 0 Å². The van der Waals surface area contributed by atoms with Gasteiger partial charge >= 0.3 is 0 Å². The van der Waals surface area contributed by atoms with Crippen LogP contribution in [0.2, 0.25) is 0 Å². The average molecular weight is 184 g/mol. The van der Waals surface area contributed by atoms with Gasteiger partial charge in [-0.25, -0.2) is 0 Å². The SMILES string of the molecule is C=C(CCCC(C)CC)C(C)(C)O. The summed E-state index contributed by atoms with van der Waals surface area (Å²) in [4.78, 5) is 0. The predicted molar refractivity (Wildman–Crippen MR) is 58.7 cm³/mol. The van der Waals surface area contributed by atoms with Gasteiger partial charge in [0, 0.05) is 0 Å². The third-order valence-corrected chi connectivity index (χ3v) is 2.74. The Kier molecular flexibility index (Phi) is 5.31. The molecule has 0 heterocycles. The van der Waals surface area contributed by atoms with E-state index in [1.165, 1.54) is 12.8 Å². The molecule has 1 heteroatoms. The van der Waals surface area contributed by atoms with E-state index in [1.54, 1.807) is 13.8 Å². The van der Waals surface area contributed by atoms with Crippen molar-refractivity contribution in [3.05, 3.63) is 12.2 Å². The van der Waals surface area contributed by atoms with Crippen LogP contribution in [-0.2, 0) is 0 Å². The van der Waals surface area contributed by atoms with Crippen molar-refractivity contribution in [2.24, 2.45) is 5.92 Å².